The number of carboxylic acids is 2. The summed E-state index contributed by atoms with van der Waals surface area (Å²) < 4.78 is 11.2. The number of ether oxygens (including phenoxy) is 2. The van der Waals surface area contributed by atoms with Gasteiger partial charge in [0.15, 0.2) is 5.96 Å². The van der Waals surface area contributed by atoms with Crippen molar-refractivity contribution in [3.63, 3.8) is 0 Å². The van der Waals surface area contributed by atoms with Crippen LogP contribution in [0.2, 0.25) is 0 Å². The molecule has 1 atom stereocenters. The third-order valence-electron chi connectivity index (χ3n) is 4.83. The summed E-state index contributed by atoms with van der Waals surface area (Å²) in [5.41, 5.74) is 11.7. The Bertz CT molecular complexity index is 1170. The molecule has 0 unspecified atom stereocenters. The summed E-state index contributed by atoms with van der Waals surface area (Å²) in [4.78, 5) is 51.8. The summed E-state index contributed by atoms with van der Waals surface area (Å²) in [6, 6.07) is 7.23. The summed E-state index contributed by atoms with van der Waals surface area (Å²) >= 11 is 0. The number of nitrogens with one attached hydrogen (secondary N) is 1. The molecule has 0 aromatic heterocycles. The molecule has 1 aliphatic heterocycles. The normalized spacial score (nSPS) is 13.7. The topological polar surface area (TPSA) is 204 Å². The molecule has 1 amide bonds. The van der Waals surface area contributed by atoms with E-state index in [1.807, 2.05) is 0 Å². The van der Waals surface area contributed by atoms with E-state index >= 15 is 0 Å². The average molecular weight is 470 g/mol. The van der Waals surface area contributed by atoms with Gasteiger partial charge in [-0.3, -0.25) is 9.59 Å². The highest BCUT2D eigenvalue weighted by Gasteiger charge is 2.27. The summed E-state index contributed by atoms with van der Waals surface area (Å²) in [5, 5.41) is 20.3. The molecule has 12 heteroatoms. The number of nitrogens with zero attached hydrogens (tertiary/aromatic N) is 1. The van der Waals surface area contributed by atoms with Gasteiger partial charge in [0, 0.05) is 17.2 Å². The van der Waals surface area contributed by atoms with Gasteiger partial charge in [0.05, 0.1) is 18.7 Å². The quantitative estimate of drug-likeness (QED) is 0.174. The Morgan fingerprint density at radius 1 is 1.12 bits per heavy atom. The van der Waals surface area contributed by atoms with Crippen molar-refractivity contribution in [2.45, 2.75) is 25.3 Å². The van der Waals surface area contributed by atoms with Crippen molar-refractivity contribution in [3.8, 4) is 11.5 Å². The number of hydrogen-bond donors (Lipinski definition) is 5. The molecule has 1 heterocycles. The molecule has 0 spiro atoms. The van der Waals surface area contributed by atoms with Gasteiger partial charge in [0.1, 0.15) is 23.1 Å². The summed E-state index contributed by atoms with van der Waals surface area (Å²) in [5.74, 6) is -4.23. The minimum absolute atomic E-state index is 0.0610. The fourth-order valence-electron chi connectivity index (χ4n) is 3.35. The predicted octanol–water partition coefficient (Wildman–Crippen LogP) is 0.793. The average Bonchev–Trinajstić information content (AvgIpc) is 2.75. The first-order chi connectivity index (χ1) is 16.2. The van der Waals surface area contributed by atoms with E-state index in [1.54, 1.807) is 0 Å². The molecule has 3 rings (SSSR count). The fourth-order valence-corrected chi connectivity index (χ4v) is 3.35. The number of esters is 1. The Hall–Kier alpha value is -4.61. The number of fused-ring (bicyclic) bond motifs is 2. The lowest BCUT2D eigenvalue weighted by Crippen LogP contribution is -2.42. The number of aliphatic carboxylic acids is 2. The molecule has 12 nitrogen and oxygen atoms in total. The van der Waals surface area contributed by atoms with E-state index < -0.39 is 36.3 Å². The Labute approximate surface area is 193 Å². The largest absolute Gasteiger partial charge is 0.493 e. The van der Waals surface area contributed by atoms with Crippen LogP contribution >= 0.6 is 0 Å². The smallest absolute Gasteiger partial charge is 0.347 e. The van der Waals surface area contributed by atoms with E-state index in [4.69, 9.17) is 26.0 Å². The number of benzene rings is 2. The zero-order valence-corrected chi connectivity index (χ0v) is 17.8. The Kier molecular flexibility index (Phi) is 7.31. The van der Waals surface area contributed by atoms with E-state index in [0.717, 1.165) is 0 Å². The Balaban J connectivity index is 1.93. The van der Waals surface area contributed by atoms with Crippen molar-refractivity contribution in [3.05, 3.63) is 53.1 Å². The predicted molar refractivity (Wildman–Crippen MR) is 118 cm³/mol. The van der Waals surface area contributed by atoms with Crippen molar-refractivity contribution in [1.29, 1.82) is 0 Å². The third kappa shape index (κ3) is 5.79. The van der Waals surface area contributed by atoms with Gasteiger partial charge in [0.2, 0.25) is 0 Å². The van der Waals surface area contributed by atoms with E-state index in [0.29, 0.717) is 17.7 Å². The van der Waals surface area contributed by atoms with Gasteiger partial charge < -0.3 is 36.5 Å². The second-order valence-corrected chi connectivity index (χ2v) is 7.30. The van der Waals surface area contributed by atoms with E-state index in [2.05, 4.69) is 10.3 Å². The van der Waals surface area contributed by atoms with Crippen molar-refractivity contribution in [2.24, 2.45) is 16.5 Å². The lowest BCUT2D eigenvalue weighted by atomic mass is 10.00. The third-order valence-corrected chi connectivity index (χ3v) is 4.83. The highest BCUT2D eigenvalue weighted by atomic mass is 16.5. The van der Waals surface area contributed by atoms with Crippen molar-refractivity contribution in [2.75, 3.05) is 6.61 Å². The number of carbonyl (C=O) groups is 4. The molecule has 0 aliphatic carbocycles. The van der Waals surface area contributed by atoms with E-state index in [9.17, 15) is 24.3 Å². The van der Waals surface area contributed by atoms with Crippen LogP contribution in [-0.2, 0) is 16.0 Å². The lowest BCUT2D eigenvalue weighted by molar-refractivity contribution is -0.145. The van der Waals surface area contributed by atoms with Gasteiger partial charge in [-0.2, -0.15) is 0 Å². The molecule has 0 saturated heterocycles. The van der Waals surface area contributed by atoms with Gasteiger partial charge in [-0.05, 0) is 37.1 Å². The van der Waals surface area contributed by atoms with Crippen LogP contribution < -0.4 is 26.3 Å². The lowest BCUT2D eigenvalue weighted by Gasteiger charge is -2.19. The molecular formula is C22H22N4O8. The van der Waals surface area contributed by atoms with Gasteiger partial charge in [-0.1, -0.05) is 6.07 Å². The second kappa shape index (κ2) is 10.3. The second-order valence-electron chi connectivity index (χ2n) is 7.30. The summed E-state index contributed by atoms with van der Waals surface area (Å²) in [6.45, 7) is 0.178. The van der Waals surface area contributed by atoms with Gasteiger partial charge in [-0.15, -0.1) is 0 Å². The fraction of sp³-hybridized carbons (Fsp3) is 0.227. The Morgan fingerprint density at radius 2 is 1.88 bits per heavy atom. The maximum Gasteiger partial charge on any atom is 0.347 e. The van der Waals surface area contributed by atoms with Crippen LogP contribution in [0, 0.1) is 0 Å². The Morgan fingerprint density at radius 3 is 2.56 bits per heavy atom. The van der Waals surface area contributed by atoms with Gasteiger partial charge in [-0.25, -0.2) is 14.6 Å². The zero-order valence-electron chi connectivity index (χ0n) is 17.8. The molecule has 2 aromatic rings. The number of carboxylic acid groups (broad SMARTS) is 2. The SMILES string of the molecule is NC(N)=Nc1ccc2c(c1)OCCCc1c(cccc1C(=O)N[C@@H](CC(=O)O)C(=O)O)OC2=O. The molecule has 7 N–H and O–H groups in total. The molecule has 178 valence electrons. The molecule has 0 radical (unpaired) electrons. The van der Waals surface area contributed by atoms with E-state index in [1.165, 1.54) is 36.4 Å². The number of rotatable bonds is 6. The minimum Gasteiger partial charge on any atom is -0.493 e. The first kappa shape index (κ1) is 24.0. The maximum absolute atomic E-state index is 12.9. The van der Waals surface area contributed by atoms with Crippen LogP contribution in [0.1, 0.15) is 39.1 Å². The molecule has 1 aliphatic rings. The summed E-state index contributed by atoms with van der Waals surface area (Å²) in [6.07, 6.45) is -0.123. The zero-order chi connectivity index (χ0) is 24.8. The number of amides is 1. The highest BCUT2D eigenvalue weighted by Crippen LogP contribution is 2.31. The highest BCUT2D eigenvalue weighted by molar-refractivity contribution is 6.00. The molecule has 0 saturated carbocycles. The number of nitrogens with two attached hydrogens (primary N) is 2. The molecule has 0 bridgehead atoms. The first-order valence-electron chi connectivity index (χ1n) is 10.1. The van der Waals surface area contributed by atoms with Gasteiger partial charge in [0.25, 0.3) is 5.91 Å². The standard InChI is InChI=1S/C22H22N4O8/c23-22(24)25-11-6-7-14-17(9-11)33-8-2-4-12-13(3-1-5-16(12)34-21(14)32)19(29)26-15(20(30)31)10-18(27)28/h1,3,5-7,9,15H,2,4,8,10H2,(H,26,29)(H,27,28)(H,30,31)(H4,23,24,25)/t15-/m0/s1. The van der Waals surface area contributed by atoms with Crippen LogP contribution in [0.4, 0.5) is 5.69 Å². The monoisotopic (exact) mass is 470 g/mol. The molecule has 0 fully saturated rings. The van der Waals surface area contributed by atoms with Crippen LogP contribution in [-0.4, -0.2) is 52.6 Å². The number of guanidine groups is 1. The van der Waals surface area contributed by atoms with Crippen molar-refractivity contribution >= 4 is 35.5 Å². The van der Waals surface area contributed by atoms with Crippen LogP contribution in [0.15, 0.2) is 41.4 Å². The van der Waals surface area contributed by atoms with Crippen molar-refractivity contribution in [1.82, 2.24) is 5.32 Å². The maximum atomic E-state index is 12.9. The number of carbonyl (C=O) groups excluding carboxylic acids is 2. The van der Waals surface area contributed by atoms with Crippen LogP contribution in [0.25, 0.3) is 0 Å². The summed E-state index contributed by atoms with van der Waals surface area (Å²) in [7, 11) is 0. The number of aliphatic imine (C=N–C) groups is 1. The van der Waals surface area contributed by atoms with Crippen LogP contribution in [0.3, 0.4) is 0 Å². The minimum atomic E-state index is -1.63. The molecular weight excluding hydrogens is 448 g/mol. The molecule has 2 aromatic carbocycles. The molecule has 34 heavy (non-hydrogen) atoms. The first-order valence-corrected chi connectivity index (χ1v) is 10.1. The van der Waals surface area contributed by atoms with Crippen LogP contribution in [0.5, 0.6) is 11.5 Å². The van der Waals surface area contributed by atoms with E-state index in [-0.39, 0.29) is 41.6 Å². The van der Waals surface area contributed by atoms with Gasteiger partial charge >= 0.3 is 17.9 Å². The number of hydrogen-bond acceptors (Lipinski definition) is 7. The van der Waals surface area contributed by atoms with Crippen molar-refractivity contribution < 1.29 is 38.9 Å².